The number of carbonyl (C=O) groups is 2. The Hall–Kier alpha value is -3.07. The summed E-state index contributed by atoms with van der Waals surface area (Å²) in [5.74, 6) is -0.651. The van der Waals surface area contributed by atoms with Gasteiger partial charge in [-0.15, -0.1) is 11.3 Å². The predicted octanol–water partition coefficient (Wildman–Crippen LogP) is 3.35. The first kappa shape index (κ1) is 22.1. The van der Waals surface area contributed by atoms with E-state index < -0.39 is 17.8 Å². The molecule has 3 heterocycles. The summed E-state index contributed by atoms with van der Waals surface area (Å²) in [4.78, 5) is 40.0. The van der Waals surface area contributed by atoms with Gasteiger partial charge in [-0.05, 0) is 49.9 Å². The number of fused-ring (bicyclic) bond motifs is 1. The maximum absolute atomic E-state index is 13.7. The maximum Gasteiger partial charge on any atom is 0.244 e. The van der Waals surface area contributed by atoms with E-state index >= 15 is 0 Å². The van der Waals surface area contributed by atoms with Gasteiger partial charge in [0.05, 0.1) is 5.39 Å². The number of likely N-dealkylation sites (N-methyl/N-ethyl adjacent to an activating group) is 1. The van der Waals surface area contributed by atoms with Crippen molar-refractivity contribution in [3.05, 3.63) is 52.4 Å². The minimum atomic E-state index is -1.01. The number of primary amides is 1. The van der Waals surface area contributed by atoms with Gasteiger partial charge in [-0.1, -0.05) is 12.1 Å². The van der Waals surface area contributed by atoms with E-state index in [9.17, 15) is 14.0 Å². The normalized spacial score (nSPS) is 15.7. The van der Waals surface area contributed by atoms with E-state index in [1.54, 1.807) is 30.8 Å². The number of hydrogen-bond acceptors (Lipinski definition) is 6. The van der Waals surface area contributed by atoms with Crippen molar-refractivity contribution in [3.63, 3.8) is 0 Å². The van der Waals surface area contributed by atoms with Crippen LogP contribution in [0, 0.1) is 25.6 Å². The average Bonchev–Trinajstić information content (AvgIpc) is 3.07. The van der Waals surface area contributed by atoms with Gasteiger partial charge >= 0.3 is 0 Å². The van der Waals surface area contributed by atoms with Gasteiger partial charge in [0.25, 0.3) is 0 Å². The number of aryl methyl sites for hydroxylation is 2. The molecule has 1 aliphatic heterocycles. The van der Waals surface area contributed by atoms with E-state index in [4.69, 9.17) is 5.73 Å². The second kappa shape index (κ2) is 8.82. The fourth-order valence-electron chi connectivity index (χ4n) is 4.41. The lowest BCUT2D eigenvalue weighted by Crippen LogP contribution is -2.45. The van der Waals surface area contributed by atoms with Crippen LogP contribution in [0.4, 0.5) is 10.2 Å². The van der Waals surface area contributed by atoms with E-state index in [-0.39, 0.29) is 11.8 Å². The molecule has 0 aliphatic carbocycles. The van der Waals surface area contributed by atoms with Gasteiger partial charge in [0, 0.05) is 30.9 Å². The summed E-state index contributed by atoms with van der Waals surface area (Å²) >= 11 is 1.66. The van der Waals surface area contributed by atoms with Crippen molar-refractivity contribution in [1.82, 2.24) is 14.9 Å². The molecule has 0 bridgehead atoms. The Bertz CT molecular complexity index is 1170. The van der Waals surface area contributed by atoms with Gasteiger partial charge in [0.2, 0.25) is 11.8 Å². The molecule has 3 aromatic rings. The zero-order valence-electron chi connectivity index (χ0n) is 18.3. The fraction of sp³-hybridized carbons (Fsp3) is 0.391. The summed E-state index contributed by atoms with van der Waals surface area (Å²) in [5.41, 5.74) is 7.14. The quantitative estimate of drug-likeness (QED) is 0.637. The Kier molecular flexibility index (Phi) is 6.10. The molecule has 2 amide bonds. The van der Waals surface area contributed by atoms with E-state index in [1.165, 1.54) is 33.5 Å². The third kappa shape index (κ3) is 4.04. The van der Waals surface area contributed by atoms with Crippen molar-refractivity contribution < 1.29 is 14.0 Å². The van der Waals surface area contributed by atoms with Gasteiger partial charge in [-0.3, -0.25) is 9.59 Å². The molecule has 7 nitrogen and oxygen atoms in total. The SMILES string of the molecule is Cc1sc2ncnc(N3CCC(C(=O)N(C)C(C(N)=O)c4cccc(F)c4)CC3)c2c1C. The van der Waals surface area contributed by atoms with Crippen molar-refractivity contribution in [3.8, 4) is 0 Å². The highest BCUT2D eigenvalue weighted by molar-refractivity contribution is 7.18. The van der Waals surface area contributed by atoms with Crippen LogP contribution in [0.5, 0.6) is 0 Å². The molecular formula is C23H26FN5O2S. The first-order valence-electron chi connectivity index (χ1n) is 10.5. The van der Waals surface area contributed by atoms with E-state index in [0.717, 1.165) is 16.0 Å². The highest BCUT2D eigenvalue weighted by atomic mass is 32.1. The molecule has 1 aliphatic rings. The van der Waals surface area contributed by atoms with Gasteiger partial charge in [-0.2, -0.15) is 0 Å². The molecule has 168 valence electrons. The predicted molar refractivity (Wildman–Crippen MR) is 123 cm³/mol. The maximum atomic E-state index is 13.7. The van der Waals surface area contributed by atoms with Crippen LogP contribution in [0.15, 0.2) is 30.6 Å². The van der Waals surface area contributed by atoms with Crippen LogP contribution in [0.25, 0.3) is 10.2 Å². The molecule has 2 N–H and O–H groups in total. The Morgan fingerprint density at radius 3 is 2.62 bits per heavy atom. The number of hydrogen-bond donors (Lipinski definition) is 1. The second-order valence-electron chi connectivity index (χ2n) is 8.23. The van der Waals surface area contributed by atoms with Crippen molar-refractivity contribution in [2.45, 2.75) is 32.7 Å². The van der Waals surface area contributed by atoms with Crippen molar-refractivity contribution in [2.75, 3.05) is 25.0 Å². The summed E-state index contributed by atoms with van der Waals surface area (Å²) in [7, 11) is 1.56. The minimum absolute atomic E-state index is 0.159. The lowest BCUT2D eigenvalue weighted by molar-refractivity contribution is -0.141. The van der Waals surface area contributed by atoms with Crippen LogP contribution in [-0.2, 0) is 9.59 Å². The third-order valence-corrected chi connectivity index (χ3v) is 7.37. The lowest BCUT2D eigenvalue weighted by atomic mass is 9.93. The molecule has 0 saturated carbocycles. The highest BCUT2D eigenvalue weighted by Crippen LogP contribution is 2.36. The molecule has 1 unspecified atom stereocenters. The van der Waals surface area contributed by atoms with Crippen LogP contribution >= 0.6 is 11.3 Å². The summed E-state index contributed by atoms with van der Waals surface area (Å²) in [6.07, 6.45) is 2.85. The summed E-state index contributed by atoms with van der Waals surface area (Å²) in [6.45, 7) is 5.51. The second-order valence-corrected chi connectivity index (χ2v) is 9.43. The molecule has 1 aromatic carbocycles. The molecule has 32 heavy (non-hydrogen) atoms. The number of rotatable bonds is 5. The lowest BCUT2D eigenvalue weighted by Gasteiger charge is -2.35. The number of carbonyl (C=O) groups excluding carboxylic acids is 2. The Labute approximate surface area is 190 Å². The Morgan fingerprint density at radius 1 is 1.25 bits per heavy atom. The van der Waals surface area contributed by atoms with Crippen molar-refractivity contribution >= 4 is 39.2 Å². The average molecular weight is 456 g/mol. The van der Waals surface area contributed by atoms with E-state index in [2.05, 4.69) is 28.7 Å². The number of anilines is 1. The van der Waals surface area contributed by atoms with Crippen LogP contribution in [-0.4, -0.2) is 46.8 Å². The number of benzene rings is 1. The van der Waals surface area contributed by atoms with Crippen LogP contribution in [0.1, 0.15) is 34.9 Å². The molecule has 0 spiro atoms. The van der Waals surface area contributed by atoms with Crippen molar-refractivity contribution in [2.24, 2.45) is 11.7 Å². The molecule has 1 fully saturated rings. The number of amides is 2. The smallest absolute Gasteiger partial charge is 0.244 e. The van der Waals surface area contributed by atoms with E-state index in [0.29, 0.717) is 31.5 Å². The number of aromatic nitrogens is 2. The Balaban J connectivity index is 1.49. The van der Waals surface area contributed by atoms with Gasteiger partial charge in [-0.25, -0.2) is 14.4 Å². The molecule has 1 saturated heterocycles. The highest BCUT2D eigenvalue weighted by Gasteiger charge is 2.34. The largest absolute Gasteiger partial charge is 0.368 e. The monoisotopic (exact) mass is 455 g/mol. The first-order valence-corrected chi connectivity index (χ1v) is 11.4. The molecule has 2 aromatic heterocycles. The molecule has 9 heteroatoms. The van der Waals surface area contributed by atoms with Crippen LogP contribution in [0.3, 0.4) is 0 Å². The summed E-state index contributed by atoms with van der Waals surface area (Å²) in [5, 5.41) is 1.08. The number of thiophene rings is 1. The molecule has 0 radical (unpaired) electrons. The molecule has 1 atom stereocenters. The van der Waals surface area contributed by atoms with Gasteiger partial charge < -0.3 is 15.5 Å². The zero-order chi connectivity index (χ0) is 23.0. The number of nitrogens with zero attached hydrogens (tertiary/aromatic N) is 4. The fourth-order valence-corrected chi connectivity index (χ4v) is 5.40. The zero-order valence-corrected chi connectivity index (χ0v) is 19.2. The third-order valence-electron chi connectivity index (χ3n) is 6.26. The Morgan fingerprint density at radius 2 is 1.97 bits per heavy atom. The van der Waals surface area contributed by atoms with E-state index in [1.807, 2.05) is 0 Å². The topological polar surface area (TPSA) is 92.4 Å². The molecule has 4 rings (SSSR count). The summed E-state index contributed by atoms with van der Waals surface area (Å²) in [6, 6.07) is 4.65. The first-order chi connectivity index (χ1) is 15.3. The number of piperidine rings is 1. The number of nitrogens with two attached hydrogens (primary N) is 1. The van der Waals surface area contributed by atoms with Crippen molar-refractivity contribution in [1.29, 1.82) is 0 Å². The molecular weight excluding hydrogens is 429 g/mol. The number of halogens is 1. The standard InChI is InChI=1S/C23H26FN5O2S/c1-13-14(2)32-22-18(13)21(26-12-27-22)29-9-7-15(8-10-29)23(31)28(3)19(20(25)30)16-5-4-6-17(24)11-16/h4-6,11-12,15,19H,7-10H2,1-3H3,(H2,25,30). The minimum Gasteiger partial charge on any atom is -0.368 e. The van der Waals surface area contributed by atoms with Crippen LogP contribution in [0.2, 0.25) is 0 Å². The summed E-state index contributed by atoms with van der Waals surface area (Å²) < 4.78 is 13.7. The van der Waals surface area contributed by atoms with Gasteiger partial charge in [0.1, 0.15) is 28.8 Å². The van der Waals surface area contributed by atoms with Gasteiger partial charge in [0.15, 0.2) is 0 Å². The van der Waals surface area contributed by atoms with Crippen LogP contribution < -0.4 is 10.6 Å².